The molecule has 2 rings (SSSR count). The van der Waals surface area contributed by atoms with Crippen LogP contribution < -0.4 is 10.2 Å². The van der Waals surface area contributed by atoms with Gasteiger partial charge in [0.2, 0.25) is 0 Å². The normalized spacial score (nSPS) is 10.7. The van der Waals surface area contributed by atoms with Crippen molar-refractivity contribution in [2.24, 2.45) is 0 Å². The first kappa shape index (κ1) is 11.9. The minimum absolute atomic E-state index is 1.02. The van der Waals surface area contributed by atoms with E-state index >= 15 is 0 Å². The van der Waals surface area contributed by atoms with Crippen molar-refractivity contribution in [1.82, 2.24) is 10.3 Å². The number of nitrogens with zero attached hydrogens (tertiary/aromatic N) is 2. The zero-order valence-corrected chi connectivity index (χ0v) is 10.5. The van der Waals surface area contributed by atoms with E-state index in [2.05, 4.69) is 52.6 Å². The highest BCUT2D eigenvalue weighted by Crippen LogP contribution is 2.22. The van der Waals surface area contributed by atoms with Gasteiger partial charge in [0.05, 0.1) is 0 Å². The summed E-state index contributed by atoms with van der Waals surface area (Å²) in [5.74, 6) is 1.07. The van der Waals surface area contributed by atoms with Crippen molar-refractivity contribution in [2.75, 3.05) is 32.1 Å². The number of hydrogen-bond acceptors (Lipinski definition) is 3. The Labute approximate surface area is 102 Å². The van der Waals surface area contributed by atoms with Crippen molar-refractivity contribution in [3.05, 3.63) is 36.5 Å². The van der Waals surface area contributed by atoms with Gasteiger partial charge in [0, 0.05) is 25.2 Å². The van der Waals surface area contributed by atoms with E-state index in [1.165, 1.54) is 10.8 Å². The quantitative estimate of drug-likeness (QED) is 0.797. The standard InChI is InChI=1S/C14H19N3/c1-15-9-5-11-17(2)14-13-7-4-3-6-12(13)8-10-16-14/h3-4,6-8,10,15H,5,9,11H2,1-2H3. The molecular formula is C14H19N3. The number of aromatic nitrogens is 1. The fraction of sp³-hybridized carbons (Fsp3) is 0.357. The van der Waals surface area contributed by atoms with Gasteiger partial charge in [-0.15, -0.1) is 0 Å². The minimum atomic E-state index is 1.02. The highest BCUT2D eigenvalue weighted by molar-refractivity contribution is 5.91. The zero-order chi connectivity index (χ0) is 12.1. The summed E-state index contributed by atoms with van der Waals surface area (Å²) in [5.41, 5.74) is 0. The van der Waals surface area contributed by atoms with Gasteiger partial charge in [-0.3, -0.25) is 0 Å². The molecule has 0 aliphatic carbocycles. The van der Waals surface area contributed by atoms with Gasteiger partial charge in [0.1, 0.15) is 5.82 Å². The third-order valence-corrected chi connectivity index (χ3v) is 2.93. The van der Waals surface area contributed by atoms with E-state index in [9.17, 15) is 0 Å². The monoisotopic (exact) mass is 229 g/mol. The van der Waals surface area contributed by atoms with Crippen LogP contribution in [0.3, 0.4) is 0 Å². The maximum atomic E-state index is 4.49. The number of benzene rings is 1. The van der Waals surface area contributed by atoms with E-state index in [1.807, 2.05) is 13.2 Å². The van der Waals surface area contributed by atoms with E-state index < -0.39 is 0 Å². The second-order valence-electron chi connectivity index (χ2n) is 4.23. The summed E-state index contributed by atoms with van der Waals surface area (Å²) in [6.07, 6.45) is 3.00. The van der Waals surface area contributed by atoms with Gasteiger partial charge in [-0.1, -0.05) is 24.3 Å². The molecule has 2 aromatic rings. The second kappa shape index (κ2) is 5.64. The van der Waals surface area contributed by atoms with Gasteiger partial charge in [0.25, 0.3) is 0 Å². The fourth-order valence-electron chi connectivity index (χ4n) is 2.01. The molecule has 0 unspecified atom stereocenters. The number of pyridine rings is 1. The van der Waals surface area contributed by atoms with Gasteiger partial charge in [-0.05, 0) is 31.5 Å². The molecule has 0 radical (unpaired) electrons. The first-order valence-corrected chi connectivity index (χ1v) is 6.02. The van der Waals surface area contributed by atoms with E-state index in [4.69, 9.17) is 0 Å². The van der Waals surface area contributed by atoms with Crippen LogP contribution in [-0.2, 0) is 0 Å². The Hall–Kier alpha value is -1.61. The van der Waals surface area contributed by atoms with Crippen molar-refractivity contribution < 1.29 is 0 Å². The van der Waals surface area contributed by atoms with Gasteiger partial charge in [0.15, 0.2) is 0 Å². The number of anilines is 1. The van der Waals surface area contributed by atoms with Gasteiger partial charge >= 0.3 is 0 Å². The van der Waals surface area contributed by atoms with Gasteiger partial charge in [-0.25, -0.2) is 4.98 Å². The Morgan fingerprint density at radius 1 is 1.24 bits per heavy atom. The molecule has 90 valence electrons. The van der Waals surface area contributed by atoms with E-state index in [0.29, 0.717) is 0 Å². The number of nitrogens with one attached hydrogen (secondary N) is 1. The predicted molar refractivity (Wildman–Crippen MR) is 73.6 cm³/mol. The summed E-state index contributed by atoms with van der Waals surface area (Å²) in [4.78, 5) is 6.71. The topological polar surface area (TPSA) is 28.2 Å². The third-order valence-electron chi connectivity index (χ3n) is 2.93. The predicted octanol–water partition coefficient (Wildman–Crippen LogP) is 2.28. The fourth-order valence-corrected chi connectivity index (χ4v) is 2.01. The SMILES string of the molecule is CNCCCN(C)c1nccc2ccccc12. The molecule has 0 aliphatic rings. The Morgan fingerprint density at radius 2 is 2.06 bits per heavy atom. The molecule has 0 fully saturated rings. The summed E-state index contributed by atoms with van der Waals surface area (Å²) >= 11 is 0. The highest BCUT2D eigenvalue weighted by atomic mass is 15.2. The molecule has 0 atom stereocenters. The Balaban J connectivity index is 2.22. The number of rotatable bonds is 5. The molecule has 0 amide bonds. The maximum absolute atomic E-state index is 4.49. The van der Waals surface area contributed by atoms with Crippen molar-refractivity contribution in [1.29, 1.82) is 0 Å². The van der Waals surface area contributed by atoms with Crippen molar-refractivity contribution >= 4 is 16.6 Å². The van der Waals surface area contributed by atoms with Crippen LogP contribution in [0.5, 0.6) is 0 Å². The lowest BCUT2D eigenvalue weighted by Gasteiger charge is -2.19. The molecule has 17 heavy (non-hydrogen) atoms. The molecule has 0 bridgehead atoms. The highest BCUT2D eigenvalue weighted by Gasteiger charge is 2.06. The van der Waals surface area contributed by atoms with Crippen molar-refractivity contribution in [3.8, 4) is 0 Å². The van der Waals surface area contributed by atoms with Gasteiger partial charge < -0.3 is 10.2 Å². The number of hydrogen-bond donors (Lipinski definition) is 1. The average Bonchev–Trinajstić information content (AvgIpc) is 2.38. The molecule has 1 N–H and O–H groups in total. The van der Waals surface area contributed by atoms with E-state index in [-0.39, 0.29) is 0 Å². The van der Waals surface area contributed by atoms with Gasteiger partial charge in [-0.2, -0.15) is 0 Å². The van der Waals surface area contributed by atoms with Crippen LogP contribution in [0.2, 0.25) is 0 Å². The van der Waals surface area contributed by atoms with Crippen LogP contribution in [0.25, 0.3) is 10.8 Å². The van der Waals surface area contributed by atoms with Crippen LogP contribution in [0.4, 0.5) is 5.82 Å². The molecule has 0 spiro atoms. The lowest BCUT2D eigenvalue weighted by atomic mass is 10.1. The Morgan fingerprint density at radius 3 is 2.88 bits per heavy atom. The first-order valence-electron chi connectivity index (χ1n) is 6.02. The van der Waals surface area contributed by atoms with Crippen LogP contribution in [-0.4, -0.2) is 32.2 Å². The van der Waals surface area contributed by atoms with Crippen LogP contribution in [0.1, 0.15) is 6.42 Å². The lowest BCUT2D eigenvalue weighted by molar-refractivity contribution is 0.710. The van der Waals surface area contributed by atoms with Crippen molar-refractivity contribution in [2.45, 2.75) is 6.42 Å². The number of fused-ring (bicyclic) bond motifs is 1. The smallest absolute Gasteiger partial charge is 0.136 e. The molecule has 1 heterocycles. The third kappa shape index (κ3) is 2.74. The van der Waals surface area contributed by atoms with Crippen LogP contribution >= 0.6 is 0 Å². The lowest BCUT2D eigenvalue weighted by Crippen LogP contribution is -2.23. The maximum Gasteiger partial charge on any atom is 0.136 e. The minimum Gasteiger partial charge on any atom is -0.359 e. The summed E-state index contributed by atoms with van der Waals surface area (Å²) in [7, 11) is 4.08. The molecule has 1 aromatic heterocycles. The van der Waals surface area contributed by atoms with Crippen molar-refractivity contribution in [3.63, 3.8) is 0 Å². The molecule has 0 saturated carbocycles. The molecular weight excluding hydrogens is 210 g/mol. The summed E-state index contributed by atoms with van der Waals surface area (Å²) in [6, 6.07) is 10.4. The Kier molecular flexibility index (Phi) is 3.94. The summed E-state index contributed by atoms with van der Waals surface area (Å²) < 4.78 is 0. The zero-order valence-electron chi connectivity index (χ0n) is 10.5. The largest absolute Gasteiger partial charge is 0.359 e. The molecule has 3 heteroatoms. The van der Waals surface area contributed by atoms with Crippen LogP contribution in [0.15, 0.2) is 36.5 Å². The van der Waals surface area contributed by atoms with E-state index in [1.54, 1.807) is 0 Å². The van der Waals surface area contributed by atoms with E-state index in [0.717, 1.165) is 25.3 Å². The van der Waals surface area contributed by atoms with Crippen LogP contribution in [0, 0.1) is 0 Å². The summed E-state index contributed by atoms with van der Waals surface area (Å²) in [6.45, 7) is 2.05. The molecule has 3 nitrogen and oxygen atoms in total. The second-order valence-corrected chi connectivity index (χ2v) is 4.23. The Bertz CT molecular complexity index is 476. The first-order chi connectivity index (χ1) is 8.33. The average molecular weight is 229 g/mol. The molecule has 1 aromatic carbocycles. The molecule has 0 saturated heterocycles. The molecule has 0 aliphatic heterocycles. The summed E-state index contributed by atoms with van der Waals surface area (Å²) in [5, 5.41) is 5.64.